The highest BCUT2D eigenvalue weighted by Crippen LogP contribution is 2.17. The lowest BCUT2D eigenvalue weighted by Gasteiger charge is -2.14. The monoisotopic (exact) mass is 238 g/mol. The summed E-state index contributed by atoms with van der Waals surface area (Å²) in [6.45, 7) is 1.90. The molecule has 0 aliphatic heterocycles. The summed E-state index contributed by atoms with van der Waals surface area (Å²) in [5.41, 5.74) is 0.550. The number of anilines is 1. The van der Waals surface area contributed by atoms with E-state index in [4.69, 9.17) is 5.11 Å². The van der Waals surface area contributed by atoms with Crippen LogP contribution in [0.25, 0.3) is 0 Å². The van der Waals surface area contributed by atoms with Gasteiger partial charge in [-0.2, -0.15) is 0 Å². The van der Waals surface area contributed by atoms with E-state index in [0.717, 1.165) is 6.42 Å². The van der Waals surface area contributed by atoms with E-state index in [1.165, 1.54) is 24.3 Å². The first kappa shape index (κ1) is 13.0. The Hall–Kier alpha value is -2.11. The zero-order valence-electron chi connectivity index (χ0n) is 9.42. The number of rotatable bonds is 6. The molecule has 0 saturated carbocycles. The Kier molecular flexibility index (Phi) is 4.45. The van der Waals surface area contributed by atoms with Crippen molar-refractivity contribution in [1.29, 1.82) is 0 Å². The number of hydrogen-bond acceptors (Lipinski definition) is 4. The maximum Gasteiger partial charge on any atom is 0.326 e. The third-order valence-electron chi connectivity index (χ3n) is 2.29. The number of nitro benzene ring substituents is 1. The number of carbonyl (C=O) groups is 1. The minimum Gasteiger partial charge on any atom is -0.480 e. The summed E-state index contributed by atoms with van der Waals surface area (Å²) in [5, 5.41) is 22.2. The highest BCUT2D eigenvalue weighted by atomic mass is 16.6. The maximum absolute atomic E-state index is 10.9. The molecule has 2 N–H and O–H groups in total. The van der Waals surface area contributed by atoms with Crippen molar-refractivity contribution >= 4 is 17.3 Å². The summed E-state index contributed by atoms with van der Waals surface area (Å²) in [5.74, 6) is -0.926. The van der Waals surface area contributed by atoms with Crippen LogP contribution in [0.3, 0.4) is 0 Å². The van der Waals surface area contributed by atoms with Gasteiger partial charge in [0.2, 0.25) is 0 Å². The van der Waals surface area contributed by atoms with Gasteiger partial charge in [0, 0.05) is 17.8 Å². The van der Waals surface area contributed by atoms with Crippen molar-refractivity contribution in [2.45, 2.75) is 25.8 Å². The first-order valence-electron chi connectivity index (χ1n) is 5.28. The lowest BCUT2D eigenvalue weighted by atomic mass is 10.1. The van der Waals surface area contributed by atoms with Crippen LogP contribution in [-0.4, -0.2) is 22.0 Å². The van der Waals surface area contributed by atoms with Gasteiger partial charge in [0.15, 0.2) is 0 Å². The maximum atomic E-state index is 10.9. The van der Waals surface area contributed by atoms with Crippen molar-refractivity contribution in [3.63, 3.8) is 0 Å². The summed E-state index contributed by atoms with van der Waals surface area (Å²) in [6.07, 6.45) is 1.25. The standard InChI is InChI=1S/C11H14N2O4/c1-2-3-10(11(14)15)12-8-4-6-9(7-5-8)13(16)17/h4-7,10,12H,2-3H2,1H3,(H,14,15). The second kappa shape index (κ2) is 5.83. The zero-order chi connectivity index (χ0) is 12.8. The normalized spacial score (nSPS) is 11.8. The van der Waals surface area contributed by atoms with Crippen molar-refractivity contribution in [3.8, 4) is 0 Å². The molecule has 0 bridgehead atoms. The van der Waals surface area contributed by atoms with Crippen molar-refractivity contribution in [2.24, 2.45) is 0 Å². The van der Waals surface area contributed by atoms with E-state index in [0.29, 0.717) is 12.1 Å². The van der Waals surface area contributed by atoms with Crippen LogP contribution in [0.15, 0.2) is 24.3 Å². The highest BCUT2D eigenvalue weighted by Gasteiger charge is 2.16. The molecule has 92 valence electrons. The van der Waals surface area contributed by atoms with Crippen LogP contribution in [-0.2, 0) is 4.79 Å². The van der Waals surface area contributed by atoms with Crippen LogP contribution in [0.5, 0.6) is 0 Å². The molecular formula is C11H14N2O4. The lowest BCUT2D eigenvalue weighted by Crippen LogP contribution is -2.28. The van der Waals surface area contributed by atoms with Crippen LogP contribution in [0.2, 0.25) is 0 Å². The number of nitro groups is 1. The quantitative estimate of drug-likeness (QED) is 0.585. The van der Waals surface area contributed by atoms with Crippen LogP contribution >= 0.6 is 0 Å². The van der Waals surface area contributed by atoms with Gasteiger partial charge in [-0.25, -0.2) is 4.79 Å². The number of non-ortho nitro benzene ring substituents is 1. The van der Waals surface area contributed by atoms with Crippen molar-refractivity contribution < 1.29 is 14.8 Å². The largest absolute Gasteiger partial charge is 0.480 e. The summed E-state index contributed by atoms with van der Waals surface area (Å²) < 4.78 is 0. The van der Waals surface area contributed by atoms with Crippen LogP contribution in [0.1, 0.15) is 19.8 Å². The summed E-state index contributed by atoms with van der Waals surface area (Å²) in [4.78, 5) is 20.8. The van der Waals surface area contributed by atoms with Crippen LogP contribution in [0.4, 0.5) is 11.4 Å². The fourth-order valence-corrected chi connectivity index (χ4v) is 1.43. The van der Waals surface area contributed by atoms with Crippen LogP contribution in [0, 0.1) is 10.1 Å². The van der Waals surface area contributed by atoms with Gasteiger partial charge < -0.3 is 10.4 Å². The molecule has 0 heterocycles. The molecule has 0 aliphatic carbocycles. The van der Waals surface area contributed by atoms with E-state index in [1.807, 2.05) is 6.92 Å². The Morgan fingerprint density at radius 1 is 1.47 bits per heavy atom. The lowest BCUT2D eigenvalue weighted by molar-refractivity contribution is -0.384. The predicted octanol–water partition coefficient (Wildman–Crippen LogP) is 2.26. The fraction of sp³-hybridized carbons (Fsp3) is 0.364. The molecule has 1 aromatic carbocycles. The molecule has 0 fully saturated rings. The average molecular weight is 238 g/mol. The Balaban J connectivity index is 2.73. The minimum absolute atomic E-state index is 0.0158. The van der Waals surface area contributed by atoms with Crippen molar-refractivity contribution in [1.82, 2.24) is 0 Å². The molecule has 1 aromatic rings. The molecule has 0 radical (unpaired) electrons. The number of carboxylic acid groups (broad SMARTS) is 1. The van der Waals surface area contributed by atoms with Gasteiger partial charge in [0.1, 0.15) is 6.04 Å². The molecule has 0 saturated heterocycles. The van der Waals surface area contributed by atoms with Gasteiger partial charge in [0.05, 0.1) is 4.92 Å². The Labute approximate surface area is 98.4 Å². The van der Waals surface area contributed by atoms with Crippen molar-refractivity contribution in [3.05, 3.63) is 34.4 Å². The molecule has 0 aliphatic rings. The third kappa shape index (κ3) is 3.75. The molecular weight excluding hydrogens is 224 g/mol. The molecule has 0 aromatic heterocycles. The number of benzene rings is 1. The van der Waals surface area contributed by atoms with Crippen molar-refractivity contribution in [2.75, 3.05) is 5.32 Å². The van der Waals surface area contributed by atoms with Gasteiger partial charge in [-0.15, -0.1) is 0 Å². The molecule has 1 atom stereocenters. The Bertz CT molecular complexity index is 402. The second-order valence-corrected chi connectivity index (χ2v) is 3.63. The van der Waals surface area contributed by atoms with E-state index >= 15 is 0 Å². The number of carboxylic acids is 1. The SMILES string of the molecule is CCCC(Nc1ccc([N+](=O)[O-])cc1)C(=O)O. The number of hydrogen-bond donors (Lipinski definition) is 2. The first-order valence-corrected chi connectivity index (χ1v) is 5.28. The molecule has 0 spiro atoms. The molecule has 0 amide bonds. The fourth-order valence-electron chi connectivity index (χ4n) is 1.43. The minimum atomic E-state index is -0.926. The van der Waals surface area contributed by atoms with Gasteiger partial charge >= 0.3 is 5.97 Å². The predicted molar refractivity (Wildman–Crippen MR) is 63.1 cm³/mol. The van der Waals surface area contributed by atoms with Gasteiger partial charge in [-0.3, -0.25) is 10.1 Å². The summed E-state index contributed by atoms with van der Waals surface area (Å²) in [6, 6.07) is 5.02. The van der Waals surface area contributed by atoms with Gasteiger partial charge in [-0.05, 0) is 18.6 Å². The van der Waals surface area contributed by atoms with Crippen LogP contribution < -0.4 is 5.32 Å². The topological polar surface area (TPSA) is 92.5 Å². The number of nitrogens with zero attached hydrogens (tertiary/aromatic N) is 1. The molecule has 1 rings (SSSR count). The smallest absolute Gasteiger partial charge is 0.326 e. The third-order valence-corrected chi connectivity index (χ3v) is 2.29. The average Bonchev–Trinajstić information content (AvgIpc) is 2.29. The first-order chi connectivity index (χ1) is 8.04. The van der Waals surface area contributed by atoms with E-state index in [-0.39, 0.29) is 5.69 Å². The molecule has 1 unspecified atom stereocenters. The molecule has 6 nitrogen and oxygen atoms in total. The summed E-state index contributed by atoms with van der Waals surface area (Å²) >= 11 is 0. The zero-order valence-corrected chi connectivity index (χ0v) is 9.42. The Morgan fingerprint density at radius 3 is 2.47 bits per heavy atom. The van der Waals surface area contributed by atoms with Gasteiger partial charge in [0.25, 0.3) is 5.69 Å². The molecule has 17 heavy (non-hydrogen) atoms. The van der Waals surface area contributed by atoms with E-state index in [2.05, 4.69) is 5.32 Å². The molecule has 6 heteroatoms. The van der Waals surface area contributed by atoms with E-state index in [9.17, 15) is 14.9 Å². The van der Waals surface area contributed by atoms with E-state index in [1.54, 1.807) is 0 Å². The number of aliphatic carboxylic acids is 1. The summed E-state index contributed by atoms with van der Waals surface area (Å²) in [7, 11) is 0. The van der Waals surface area contributed by atoms with Gasteiger partial charge in [-0.1, -0.05) is 13.3 Å². The Morgan fingerprint density at radius 2 is 2.06 bits per heavy atom. The highest BCUT2D eigenvalue weighted by molar-refractivity contribution is 5.77. The van der Waals surface area contributed by atoms with E-state index < -0.39 is 16.9 Å². The number of nitrogens with one attached hydrogen (secondary N) is 1. The second-order valence-electron chi connectivity index (χ2n) is 3.63.